The molecule has 3 saturated carbocycles. The van der Waals surface area contributed by atoms with E-state index in [4.69, 9.17) is 13.9 Å². The zero-order chi connectivity index (χ0) is 26.7. The van der Waals surface area contributed by atoms with E-state index < -0.39 is 8.32 Å². The van der Waals surface area contributed by atoms with Gasteiger partial charge >= 0.3 is 0 Å². The summed E-state index contributed by atoms with van der Waals surface area (Å²) >= 11 is 0. The third-order valence-corrected chi connectivity index (χ3v) is 16.4. The first-order valence-electron chi connectivity index (χ1n) is 14.6. The summed E-state index contributed by atoms with van der Waals surface area (Å²) in [6.07, 6.45) is 11.4. The van der Waals surface area contributed by atoms with Crippen LogP contribution in [0.1, 0.15) is 92.9 Å². The van der Waals surface area contributed by atoms with E-state index in [1.807, 2.05) is 0 Å². The van der Waals surface area contributed by atoms with Gasteiger partial charge in [-0.1, -0.05) is 53.2 Å². The third-order valence-electron chi connectivity index (χ3n) is 11.9. The topological polar surface area (TPSA) is 44.8 Å². The lowest BCUT2D eigenvalue weighted by molar-refractivity contribution is -0.134. The van der Waals surface area contributed by atoms with Crippen LogP contribution >= 0.6 is 0 Å². The van der Waals surface area contributed by atoms with Crippen LogP contribution in [0.15, 0.2) is 11.6 Å². The molecule has 0 bridgehead atoms. The quantitative estimate of drug-likeness (QED) is 0.196. The summed E-state index contributed by atoms with van der Waals surface area (Å²) in [5, 5.41) is 0.253. The Bertz CT molecular complexity index is 855. The van der Waals surface area contributed by atoms with Gasteiger partial charge < -0.3 is 13.9 Å². The van der Waals surface area contributed by atoms with Crippen molar-refractivity contribution in [3.8, 4) is 0 Å². The standard InChI is InChI=1S/C31H54O4Si/c1-20(17-27(33-7)34-8)28-26(32)19-25-23-12-11-21-18-22(35-36(9,10)29(2,3)4)13-15-30(21,5)24(23)14-16-31(25,28)6/h11,20,22-25,27-28H,12-19H2,1-10H3/t20-,22+,23-,24+,25+,28+,30?,31+/m1/s1. The fraction of sp³-hybridized carbons (Fsp3) is 0.903. The van der Waals surface area contributed by atoms with Crippen LogP contribution < -0.4 is 0 Å². The van der Waals surface area contributed by atoms with Crippen molar-refractivity contribution in [3.63, 3.8) is 0 Å². The molecule has 0 aromatic carbocycles. The fourth-order valence-electron chi connectivity index (χ4n) is 8.85. The highest BCUT2D eigenvalue weighted by Gasteiger charge is 2.62. The maximum absolute atomic E-state index is 13.5. The number of hydrogen-bond donors (Lipinski definition) is 0. The number of methoxy groups -OCH3 is 2. The smallest absolute Gasteiger partial charge is 0.192 e. The average molecular weight is 519 g/mol. The molecule has 5 heteroatoms. The van der Waals surface area contributed by atoms with Gasteiger partial charge in [0.15, 0.2) is 14.6 Å². The Balaban J connectivity index is 1.52. The van der Waals surface area contributed by atoms with Crippen LogP contribution in [0.4, 0.5) is 0 Å². The SMILES string of the molecule is COC(C[C@@H](C)[C@H]1C(=O)C[C@H]2[C@@H]3CC=C4C[C@@H](O[Si](C)(C)C(C)(C)C)CCC4(C)[C@H]3CC[C@]12C)OC. The van der Waals surface area contributed by atoms with Crippen LogP contribution in [0, 0.1) is 40.4 Å². The highest BCUT2D eigenvalue weighted by molar-refractivity contribution is 6.74. The molecule has 0 aromatic rings. The molecule has 36 heavy (non-hydrogen) atoms. The number of allylic oxidation sites excluding steroid dienone is 1. The van der Waals surface area contributed by atoms with Crippen molar-refractivity contribution in [1.82, 2.24) is 0 Å². The van der Waals surface area contributed by atoms with E-state index in [1.54, 1.807) is 19.8 Å². The molecule has 8 atom stereocenters. The molecule has 0 aliphatic heterocycles. The van der Waals surface area contributed by atoms with Crippen molar-refractivity contribution in [1.29, 1.82) is 0 Å². The van der Waals surface area contributed by atoms with E-state index >= 15 is 0 Å². The zero-order valence-electron chi connectivity index (χ0n) is 24.9. The van der Waals surface area contributed by atoms with Crippen LogP contribution in [0.5, 0.6) is 0 Å². The number of hydrogen-bond acceptors (Lipinski definition) is 4. The summed E-state index contributed by atoms with van der Waals surface area (Å²) in [7, 11) is 1.64. The highest BCUT2D eigenvalue weighted by atomic mass is 28.4. The second kappa shape index (κ2) is 9.92. The van der Waals surface area contributed by atoms with Crippen LogP contribution in [-0.2, 0) is 18.7 Å². The molecule has 1 unspecified atom stereocenters. The maximum Gasteiger partial charge on any atom is 0.192 e. The van der Waals surface area contributed by atoms with Crippen molar-refractivity contribution in [2.45, 2.75) is 123 Å². The van der Waals surface area contributed by atoms with Crippen LogP contribution in [0.25, 0.3) is 0 Å². The number of carbonyl (C=O) groups is 1. The lowest BCUT2D eigenvalue weighted by atomic mass is 9.47. The third kappa shape index (κ3) is 4.73. The minimum atomic E-state index is -1.76. The molecule has 3 fully saturated rings. The van der Waals surface area contributed by atoms with E-state index in [0.29, 0.717) is 29.6 Å². The first-order valence-corrected chi connectivity index (χ1v) is 17.5. The molecule has 4 aliphatic rings. The first kappa shape index (κ1) is 28.5. The second-order valence-electron chi connectivity index (χ2n) is 14.8. The van der Waals surface area contributed by atoms with Gasteiger partial charge in [0.25, 0.3) is 0 Å². The minimum absolute atomic E-state index is 0.105. The van der Waals surface area contributed by atoms with Gasteiger partial charge in [0, 0.05) is 39.1 Å². The lowest BCUT2D eigenvalue weighted by Crippen LogP contribution is -2.52. The van der Waals surface area contributed by atoms with Crippen molar-refractivity contribution in [2.75, 3.05) is 14.2 Å². The van der Waals surface area contributed by atoms with Gasteiger partial charge in [-0.15, -0.1) is 0 Å². The minimum Gasteiger partial charge on any atom is -0.414 e. The molecular formula is C31H54O4Si. The molecule has 4 rings (SSSR count). The summed E-state index contributed by atoms with van der Waals surface area (Å²) < 4.78 is 17.9. The molecule has 206 valence electrons. The predicted octanol–water partition coefficient (Wildman–Crippen LogP) is 7.78. The Kier molecular flexibility index (Phi) is 7.85. The van der Waals surface area contributed by atoms with E-state index in [1.165, 1.54) is 25.7 Å². The Morgan fingerprint density at radius 2 is 1.72 bits per heavy atom. The summed E-state index contributed by atoms with van der Waals surface area (Å²) in [6.45, 7) is 19.1. The van der Waals surface area contributed by atoms with Crippen LogP contribution in [0.3, 0.4) is 0 Å². The van der Waals surface area contributed by atoms with Gasteiger partial charge in [0.1, 0.15) is 5.78 Å². The monoisotopic (exact) mass is 518 g/mol. The van der Waals surface area contributed by atoms with Crippen LogP contribution in [-0.4, -0.2) is 40.7 Å². The Morgan fingerprint density at radius 1 is 1.06 bits per heavy atom. The van der Waals surface area contributed by atoms with Crippen molar-refractivity contribution in [2.24, 2.45) is 40.4 Å². The summed E-state index contributed by atoms with van der Waals surface area (Å²) in [6, 6.07) is 0. The normalized spacial score (nSPS) is 39.9. The van der Waals surface area contributed by atoms with Gasteiger partial charge in [-0.2, -0.15) is 0 Å². The Labute approximate surface area is 222 Å². The summed E-state index contributed by atoms with van der Waals surface area (Å²) in [4.78, 5) is 13.5. The predicted molar refractivity (Wildman–Crippen MR) is 149 cm³/mol. The number of rotatable bonds is 7. The Morgan fingerprint density at radius 3 is 2.33 bits per heavy atom. The highest BCUT2D eigenvalue weighted by Crippen LogP contribution is 2.66. The summed E-state index contributed by atoms with van der Waals surface area (Å²) in [5.41, 5.74) is 2.05. The van der Waals surface area contributed by atoms with E-state index in [9.17, 15) is 4.79 Å². The molecule has 0 N–H and O–H groups in total. The number of ether oxygens (including phenoxy) is 2. The molecule has 0 radical (unpaired) electrons. The van der Waals surface area contributed by atoms with E-state index in [-0.39, 0.29) is 34.0 Å². The first-order chi connectivity index (χ1) is 16.7. The number of fused-ring (bicyclic) bond motifs is 5. The molecule has 0 saturated heterocycles. The Hall–Kier alpha value is -0.493. The van der Waals surface area contributed by atoms with Gasteiger partial charge in [0.05, 0.1) is 0 Å². The lowest BCUT2D eigenvalue weighted by Gasteiger charge is -2.58. The average Bonchev–Trinajstić information content (AvgIpc) is 3.06. The van der Waals surface area contributed by atoms with Gasteiger partial charge in [-0.25, -0.2) is 0 Å². The number of Topliss-reactive ketones (excluding diaryl/α,β-unsaturated/α-hetero) is 1. The second-order valence-corrected chi connectivity index (χ2v) is 19.6. The maximum atomic E-state index is 13.5. The van der Waals surface area contributed by atoms with Gasteiger partial charge in [0.2, 0.25) is 0 Å². The van der Waals surface area contributed by atoms with Crippen molar-refractivity contribution < 1.29 is 18.7 Å². The van der Waals surface area contributed by atoms with Crippen molar-refractivity contribution >= 4 is 14.1 Å². The molecule has 0 spiro atoms. The van der Waals surface area contributed by atoms with Gasteiger partial charge in [-0.3, -0.25) is 4.79 Å². The van der Waals surface area contributed by atoms with Crippen molar-refractivity contribution in [3.05, 3.63) is 11.6 Å². The van der Waals surface area contributed by atoms with Gasteiger partial charge in [-0.05, 0) is 91.2 Å². The molecule has 4 aliphatic carbocycles. The zero-order valence-corrected chi connectivity index (χ0v) is 25.9. The molecule has 0 amide bonds. The number of ketones is 1. The molecular weight excluding hydrogens is 464 g/mol. The molecule has 4 nitrogen and oxygen atoms in total. The fourth-order valence-corrected chi connectivity index (χ4v) is 10.2. The molecule has 0 heterocycles. The van der Waals surface area contributed by atoms with Crippen LogP contribution in [0.2, 0.25) is 18.1 Å². The number of carbonyl (C=O) groups excluding carboxylic acids is 1. The summed E-state index contributed by atoms with van der Waals surface area (Å²) in [5.74, 6) is 2.75. The van der Waals surface area contributed by atoms with E-state index in [0.717, 1.165) is 25.7 Å². The van der Waals surface area contributed by atoms with E-state index in [2.05, 4.69) is 60.7 Å². The molecule has 0 aromatic heterocycles. The largest absolute Gasteiger partial charge is 0.414 e.